The van der Waals surface area contributed by atoms with Crippen LogP contribution in [0.1, 0.15) is 13.8 Å². The van der Waals surface area contributed by atoms with E-state index < -0.39 is 0 Å². The molecule has 0 bridgehead atoms. The number of aliphatic imine (C=N–C) groups is 1. The number of nitrogens with zero attached hydrogens (tertiary/aromatic N) is 4. The highest BCUT2D eigenvalue weighted by Gasteiger charge is 2.18. The molecule has 0 spiro atoms. The number of rotatable bonds is 6. The fraction of sp³-hybridized carbons (Fsp3) is 0.769. The minimum Gasteiger partial charge on any atom is -0.364 e. The summed E-state index contributed by atoms with van der Waals surface area (Å²) in [6.45, 7) is 15.0. The fourth-order valence-electron chi connectivity index (χ4n) is 2.02. The predicted octanol–water partition coefficient (Wildman–Crippen LogP) is 1.12. The first-order valence-corrected chi connectivity index (χ1v) is 6.44. The van der Waals surface area contributed by atoms with Crippen molar-refractivity contribution in [3.63, 3.8) is 0 Å². The molecule has 1 fully saturated rings. The van der Waals surface area contributed by atoms with Gasteiger partial charge in [0, 0.05) is 58.6 Å². The van der Waals surface area contributed by atoms with E-state index in [1.54, 1.807) is 6.20 Å². The third kappa shape index (κ3) is 5.33. The van der Waals surface area contributed by atoms with E-state index in [2.05, 4.69) is 47.2 Å². The van der Waals surface area contributed by atoms with Crippen molar-refractivity contribution in [2.24, 2.45) is 4.99 Å². The molecule has 1 rings (SSSR count). The van der Waals surface area contributed by atoms with Crippen LogP contribution in [0.25, 0.3) is 0 Å². The highest BCUT2D eigenvalue weighted by Crippen LogP contribution is 2.05. The van der Waals surface area contributed by atoms with Crippen LogP contribution < -0.4 is 0 Å². The maximum Gasteiger partial charge on any atom is 0.0902 e. The van der Waals surface area contributed by atoms with Crippen molar-refractivity contribution in [1.29, 1.82) is 0 Å². The van der Waals surface area contributed by atoms with Gasteiger partial charge in [0.15, 0.2) is 0 Å². The van der Waals surface area contributed by atoms with Crippen molar-refractivity contribution in [1.82, 2.24) is 14.7 Å². The van der Waals surface area contributed by atoms with Crippen molar-refractivity contribution in [3.05, 3.63) is 12.8 Å². The fourth-order valence-corrected chi connectivity index (χ4v) is 2.02. The van der Waals surface area contributed by atoms with E-state index in [4.69, 9.17) is 0 Å². The van der Waals surface area contributed by atoms with Crippen LogP contribution in [-0.4, -0.2) is 73.4 Å². The van der Waals surface area contributed by atoms with Crippen molar-refractivity contribution in [3.8, 4) is 0 Å². The van der Waals surface area contributed by atoms with Crippen LogP contribution in [0.2, 0.25) is 0 Å². The predicted molar refractivity (Wildman–Crippen MR) is 74.5 cm³/mol. The molecule has 1 heterocycles. The van der Waals surface area contributed by atoms with Gasteiger partial charge in [-0.05, 0) is 13.8 Å². The summed E-state index contributed by atoms with van der Waals surface area (Å²) in [6.07, 6.45) is 3.40. The zero-order chi connectivity index (χ0) is 12.7. The molecule has 98 valence electrons. The van der Waals surface area contributed by atoms with E-state index in [1.807, 2.05) is 6.34 Å². The normalized spacial score (nSPS) is 19.1. The molecule has 4 heteroatoms. The zero-order valence-corrected chi connectivity index (χ0v) is 11.5. The maximum atomic E-state index is 4.01. The van der Waals surface area contributed by atoms with Crippen LogP contribution in [-0.2, 0) is 0 Å². The van der Waals surface area contributed by atoms with Crippen LogP contribution in [0, 0.1) is 0 Å². The third-order valence-corrected chi connectivity index (χ3v) is 3.28. The second-order valence-corrected chi connectivity index (χ2v) is 4.90. The lowest BCUT2D eigenvalue weighted by Gasteiger charge is -2.37. The minimum absolute atomic E-state index is 0.680. The molecule has 1 saturated heterocycles. The Morgan fingerprint density at radius 3 is 2.47 bits per heavy atom. The van der Waals surface area contributed by atoms with Gasteiger partial charge >= 0.3 is 0 Å². The maximum absolute atomic E-state index is 4.01. The van der Waals surface area contributed by atoms with Gasteiger partial charge in [-0.3, -0.25) is 9.80 Å². The second kappa shape index (κ2) is 7.45. The Kier molecular flexibility index (Phi) is 6.22. The number of piperazine rings is 1. The molecule has 0 aliphatic carbocycles. The van der Waals surface area contributed by atoms with Gasteiger partial charge in [0.05, 0.1) is 6.34 Å². The summed E-state index contributed by atoms with van der Waals surface area (Å²) < 4.78 is 0. The summed E-state index contributed by atoms with van der Waals surface area (Å²) in [5, 5.41) is 0. The molecule has 0 aromatic carbocycles. The quantitative estimate of drug-likeness (QED) is 0.511. The lowest BCUT2D eigenvalue weighted by Crippen LogP contribution is -2.50. The van der Waals surface area contributed by atoms with Crippen LogP contribution in [0.3, 0.4) is 0 Å². The van der Waals surface area contributed by atoms with E-state index in [-0.39, 0.29) is 0 Å². The first-order valence-electron chi connectivity index (χ1n) is 6.44. The summed E-state index contributed by atoms with van der Waals surface area (Å²) in [4.78, 5) is 11.2. The first kappa shape index (κ1) is 14.2. The van der Waals surface area contributed by atoms with Gasteiger partial charge < -0.3 is 4.90 Å². The molecular weight excluding hydrogens is 212 g/mol. The van der Waals surface area contributed by atoms with Crippen molar-refractivity contribution >= 4 is 6.34 Å². The number of hydrogen-bond acceptors (Lipinski definition) is 3. The molecule has 1 aliphatic rings. The SMILES string of the molecule is C=CN=CN(C)CCN1CCN(C(C)C)CC1. The Morgan fingerprint density at radius 1 is 1.29 bits per heavy atom. The molecule has 0 amide bonds. The summed E-state index contributed by atoms with van der Waals surface area (Å²) >= 11 is 0. The molecule has 1 aliphatic heterocycles. The van der Waals surface area contributed by atoms with Crippen LogP contribution >= 0.6 is 0 Å². The Balaban J connectivity index is 2.18. The summed E-state index contributed by atoms with van der Waals surface area (Å²) in [5.74, 6) is 0. The third-order valence-electron chi connectivity index (χ3n) is 3.28. The van der Waals surface area contributed by atoms with Gasteiger partial charge in [-0.2, -0.15) is 0 Å². The minimum atomic E-state index is 0.680. The molecular formula is C13H26N4. The Hall–Kier alpha value is -0.870. The Labute approximate surface area is 106 Å². The second-order valence-electron chi connectivity index (χ2n) is 4.90. The van der Waals surface area contributed by atoms with Gasteiger partial charge in [-0.1, -0.05) is 6.58 Å². The number of hydrogen-bond donors (Lipinski definition) is 0. The topological polar surface area (TPSA) is 22.1 Å². The molecule has 0 unspecified atom stereocenters. The monoisotopic (exact) mass is 238 g/mol. The van der Waals surface area contributed by atoms with Gasteiger partial charge in [0.25, 0.3) is 0 Å². The average molecular weight is 238 g/mol. The van der Waals surface area contributed by atoms with E-state index in [1.165, 1.54) is 26.2 Å². The lowest BCUT2D eigenvalue weighted by atomic mass is 10.2. The van der Waals surface area contributed by atoms with Crippen LogP contribution in [0.5, 0.6) is 0 Å². The lowest BCUT2D eigenvalue weighted by molar-refractivity contribution is 0.106. The molecule has 0 N–H and O–H groups in total. The molecule has 0 saturated carbocycles. The molecule has 4 nitrogen and oxygen atoms in total. The van der Waals surface area contributed by atoms with E-state index in [9.17, 15) is 0 Å². The first-order chi connectivity index (χ1) is 8.13. The highest BCUT2D eigenvalue weighted by atomic mass is 15.3. The van der Waals surface area contributed by atoms with E-state index in [0.29, 0.717) is 6.04 Å². The zero-order valence-electron chi connectivity index (χ0n) is 11.5. The van der Waals surface area contributed by atoms with Crippen molar-refractivity contribution in [2.45, 2.75) is 19.9 Å². The van der Waals surface area contributed by atoms with Gasteiger partial charge in [-0.15, -0.1) is 0 Å². The molecule has 17 heavy (non-hydrogen) atoms. The largest absolute Gasteiger partial charge is 0.364 e. The van der Waals surface area contributed by atoms with Crippen LogP contribution in [0.4, 0.5) is 0 Å². The average Bonchev–Trinajstić information content (AvgIpc) is 2.34. The van der Waals surface area contributed by atoms with Crippen LogP contribution in [0.15, 0.2) is 17.8 Å². The highest BCUT2D eigenvalue weighted by molar-refractivity contribution is 5.55. The van der Waals surface area contributed by atoms with Gasteiger partial charge in [0.1, 0.15) is 0 Å². The molecule has 0 aromatic rings. The summed E-state index contributed by atoms with van der Waals surface area (Å²) in [7, 11) is 2.05. The van der Waals surface area contributed by atoms with E-state index >= 15 is 0 Å². The summed E-state index contributed by atoms with van der Waals surface area (Å²) in [6, 6.07) is 0.680. The smallest absolute Gasteiger partial charge is 0.0902 e. The van der Waals surface area contributed by atoms with E-state index in [0.717, 1.165) is 13.1 Å². The Morgan fingerprint density at radius 2 is 1.94 bits per heavy atom. The summed E-state index contributed by atoms with van der Waals surface area (Å²) in [5.41, 5.74) is 0. The number of likely N-dealkylation sites (N-methyl/N-ethyl adjacent to an activating group) is 1. The molecule has 0 radical (unpaired) electrons. The van der Waals surface area contributed by atoms with Crippen molar-refractivity contribution < 1.29 is 0 Å². The Bertz CT molecular complexity index is 242. The standard InChI is InChI=1S/C13H26N4/c1-5-14-12-15(4)6-7-16-8-10-17(11-9-16)13(2)3/h5,12-13H,1,6-11H2,2-4H3. The van der Waals surface area contributed by atoms with Crippen molar-refractivity contribution in [2.75, 3.05) is 46.3 Å². The molecule has 0 aromatic heterocycles. The van der Waals surface area contributed by atoms with Gasteiger partial charge in [-0.25, -0.2) is 4.99 Å². The molecule has 0 atom stereocenters. The van der Waals surface area contributed by atoms with Gasteiger partial charge in [0.2, 0.25) is 0 Å².